The summed E-state index contributed by atoms with van der Waals surface area (Å²) in [5.41, 5.74) is 6.42. The molecule has 0 saturated carbocycles. The lowest BCUT2D eigenvalue weighted by Gasteiger charge is -2.00. The van der Waals surface area contributed by atoms with Gasteiger partial charge in [0.15, 0.2) is 0 Å². The largest absolute Gasteiger partial charge is 0.421 e. The number of hydrogen-bond acceptors (Lipinski definition) is 4. The highest BCUT2D eigenvalue weighted by atomic mass is 19.1. The topological polar surface area (TPSA) is 64.9 Å². The summed E-state index contributed by atoms with van der Waals surface area (Å²) < 4.78 is 18.7. The Morgan fingerprint density at radius 1 is 1.40 bits per heavy atom. The molecule has 0 unspecified atom stereocenters. The fourth-order valence-corrected chi connectivity index (χ4v) is 1.26. The van der Waals surface area contributed by atoms with Crippen LogP contribution in [0.2, 0.25) is 0 Å². The van der Waals surface area contributed by atoms with Crippen molar-refractivity contribution in [2.24, 2.45) is 5.73 Å². The molecule has 0 radical (unpaired) electrons. The molecule has 0 aliphatic carbocycles. The van der Waals surface area contributed by atoms with E-state index in [1.54, 1.807) is 19.1 Å². The fourth-order valence-electron chi connectivity index (χ4n) is 1.26. The highest BCUT2D eigenvalue weighted by Gasteiger charge is 2.11. The van der Waals surface area contributed by atoms with Gasteiger partial charge in [0.25, 0.3) is 5.89 Å². The van der Waals surface area contributed by atoms with E-state index in [1.807, 2.05) is 0 Å². The molecule has 1 heterocycles. The molecule has 0 bridgehead atoms. The molecule has 0 amide bonds. The maximum absolute atomic E-state index is 13.5. The van der Waals surface area contributed by atoms with Crippen LogP contribution in [-0.4, -0.2) is 10.2 Å². The molecule has 0 atom stereocenters. The minimum Gasteiger partial charge on any atom is -0.421 e. The van der Waals surface area contributed by atoms with Crippen molar-refractivity contribution >= 4 is 0 Å². The van der Waals surface area contributed by atoms with Gasteiger partial charge in [-0.1, -0.05) is 6.07 Å². The lowest BCUT2D eigenvalue weighted by molar-refractivity contribution is 0.526. The third kappa shape index (κ3) is 1.87. The van der Waals surface area contributed by atoms with E-state index in [9.17, 15) is 4.39 Å². The Bertz CT molecular complexity index is 481. The quantitative estimate of drug-likeness (QED) is 0.813. The van der Waals surface area contributed by atoms with Gasteiger partial charge < -0.3 is 10.2 Å². The molecule has 2 N–H and O–H groups in total. The van der Waals surface area contributed by atoms with Crippen molar-refractivity contribution in [2.75, 3.05) is 0 Å². The maximum atomic E-state index is 13.5. The number of halogens is 1. The molecule has 78 valence electrons. The van der Waals surface area contributed by atoms with Crippen molar-refractivity contribution in [3.63, 3.8) is 0 Å². The summed E-state index contributed by atoms with van der Waals surface area (Å²) in [5.74, 6) is 0.197. The summed E-state index contributed by atoms with van der Waals surface area (Å²) in [7, 11) is 0. The van der Waals surface area contributed by atoms with Crippen LogP contribution in [-0.2, 0) is 6.54 Å². The Morgan fingerprint density at radius 2 is 2.20 bits per heavy atom. The van der Waals surface area contributed by atoms with Crippen molar-refractivity contribution < 1.29 is 8.81 Å². The van der Waals surface area contributed by atoms with Gasteiger partial charge in [0.2, 0.25) is 5.89 Å². The predicted octanol–water partition coefficient (Wildman–Crippen LogP) is 1.64. The maximum Gasteiger partial charge on any atom is 0.250 e. The first-order chi connectivity index (χ1) is 7.20. The second kappa shape index (κ2) is 3.78. The molecule has 0 aliphatic heterocycles. The first-order valence-electron chi connectivity index (χ1n) is 4.49. The van der Waals surface area contributed by atoms with E-state index in [1.165, 1.54) is 6.07 Å². The van der Waals surface area contributed by atoms with Gasteiger partial charge in [0.05, 0.1) is 5.56 Å². The fraction of sp³-hybridized carbons (Fsp3) is 0.200. The molecule has 5 heteroatoms. The molecule has 15 heavy (non-hydrogen) atoms. The van der Waals surface area contributed by atoms with Crippen LogP contribution in [0.1, 0.15) is 11.5 Å². The van der Waals surface area contributed by atoms with E-state index in [0.29, 0.717) is 18.0 Å². The number of nitrogens with two attached hydrogens (primary N) is 1. The lowest BCUT2D eigenvalue weighted by atomic mass is 10.1. The smallest absolute Gasteiger partial charge is 0.250 e. The van der Waals surface area contributed by atoms with Gasteiger partial charge in [-0.2, -0.15) is 0 Å². The van der Waals surface area contributed by atoms with Gasteiger partial charge >= 0.3 is 0 Å². The Hall–Kier alpha value is -1.75. The van der Waals surface area contributed by atoms with Crippen molar-refractivity contribution in [3.8, 4) is 11.5 Å². The minimum absolute atomic E-state index is 0.188. The summed E-state index contributed by atoms with van der Waals surface area (Å²) in [5, 5.41) is 7.38. The number of rotatable bonds is 2. The number of aryl methyl sites for hydroxylation is 1. The van der Waals surface area contributed by atoms with E-state index in [0.717, 1.165) is 5.56 Å². The van der Waals surface area contributed by atoms with Crippen LogP contribution in [0.15, 0.2) is 22.6 Å². The number of hydrogen-bond donors (Lipinski definition) is 1. The van der Waals surface area contributed by atoms with Crippen molar-refractivity contribution in [3.05, 3.63) is 35.5 Å². The molecule has 4 nitrogen and oxygen atoms in total. The minimum atomic E-state index is -0.401. The van der Waals surface area contributed by atoms with Crippen LogP contribution in [0, 0.1) is 12.7 Å². The zero-order chi connectivity index (χ0) is 10.8. The molecule has 0 spiro atoms. The normalized spacial score (nSPS) is 10.6. The lowest BCUT2D eigenvalue weighted by Crippen LogP contribution is -1.97. The van der Waals surface area contributed by atoms with Crippen LogP contribution >= 0.6 is 0 Å². The van der Waals surface area contributed by atoms with E-state index in [2.05, 4.69) is 10.2 Å². The van der Waals surface area contributed by atoms with Crippen molar-refractivity contribution in [1.82, 2.24) is 10.2 Å². The van der Waals surface area contributed by atoms with E-state index >= 15 is 0 Å². The van der Waals surface area contributed by atoms with Crippen LogP contribution in [0.5, 0.6) is 0 Å². The molecular formula is C10H10FN3O. The summed E-state index contributed by atoms with van der Waals surface area (Å²) in [6, 6.07) is 4.69. The standard InChI is InChI=1S/C10H10FN3O/c1-6-13-14-10(15-6)8-3-2-7(5-12)4-9(8)11/h2-4H,5,12H2,1H3. The average Bonchev–Trinajstić information content (AvgIpc) is 2.64. The Labute approximate surface area is 85.9 Å². The summed E-state index contributed by atoms with van der Waals surface area (Å²) in [4.78, 5) is 0. The van der Waals surface area contributed by atoms with Crippen LogP contribution in [0.4, 0.5) is 4.39 Å². The third-order valence-electron chi connectivity index (χ3n) is 2.03. The van der Waals surface area contributed by atoms with Crippen molar-refractivity contribution in [1.29, 1.82) is 0 Å². The van der Waals surface area contributed by atoms with Gasteiger partial charge in [-0.05, 0) is 17.7 Å². The molecule has 2 aromatic rings. The van der Waals surface area contributed by atoms with Gasteiger partial charge in [-0.25, -0.2) is 4.39 Å². The Balaban J connectivity index is 2.45. The Morgan fingerprint density at radius 3 is 2.73 bits per heavy atom. The molecule has 1 aromatic heterocycles. The average molecular weight is 207 g/mol. The molecule has 2 rings (SSSR count). The highest BCUT2D eigenvalue weighted by Crippen LogP contribution is 2.22. The molecule has 0 fully saturated rings. The van der Waals surface area contributed by atoms with E-state index < -0.39 is 5.82 Å². The molecule has 0 aliphatic rings. The van der Waals surface area contributed by atoms with E-state index in [4.69, 9.17) is 10.2 Å². The zero-order valence-corrected chi connectivity index (χ0v) is 8.20. The first kappa shape index (κ1) is 9.79. The van der Waals surface area contributed by atoms with Crippen LogP contribution in [0.3, 0.4) is 0 Å². The van der Waals surface area contributed by atoms with E-state index in [-0.39, 0.29) is 5.89 Å². The third-order valence-corrected chi connectivity index (χ3v) is 2.03. The predicted molar refractivity (Wildman–Crippen MR) is 52.3 cm³/mol. The van der Waals surface area contributed by atoms with Crippen LogP contribution in [0.25, 0.3) is 11.5 Å². The summed E-state index contributed by atoms with van der Waals surface area (Å²) >= 11 is 0. The highest BCUT2D eigenvalue weighted by molar-refractivity contribution is 5.54. The molecule has 1 aromatic carbocycles. The van der Waals surface area contributed by atoms with Crippen LogP contribution < -0.4 is 5.73 Å². The van der Waals surface area contributed by atoms with Gasteiger partial charge in [0, 0.05) is 13.5 Å². The summed E-state index contributed by atoms with van der Waals surface area (Å²) in [6.07, 6.45) is 0. The number of nitrogens with zero attached hydrogens (tertiary/aromatic N) is 2. The molecule has 0 saturated heterocycles. The summed E-state index contributed by atoms with van der Waals surface area (Å²) in [6.45, 7) is 1.96. The second-order valence-corrected chi connectivity index (χ2v) is 3.14. The first-order valence-corrected chi connectivity index (χ1v) is 4.49. The number of aromatic nitrogens is 2. The second-order valence-electron chi connectivity index (χ2n) is 3.14. The van der Waals surface area contributed by atoms with Gasteiger partial charge in [0.1, 0.15) is 5.82 Å². The van der Waals surface area contributed by atoms with Crippen molar-refractivity contribution in [2.45, 2.75) is 13.5 Å². The number of benzene rings is 1. The van der Waals surface area contributed by atoms with Gasteiger partial charge in [-0.3, -0.25) is 0 Å². The molecular weight excluding hydrogens is 197 g/mol. The van der Waals surface area contributed by atoms with Gasteiger partial charge in [-0.15, -0.1) is 10.2 Å². The SMILES string of the molecule is Cc1nnc(-c2ccc(CN)cc2F)o1. The zero-order valence-electron chi connectivity index (χ0n) is 8.20. The Kier molecular flexibility index (Phi) is 2.47. The monoisotopic (exact) mass is 207 g/mol.